The average Bonchev–Trinajstić information content (AvgIpc) is 2.68. The summed E-state index contributed by atoms with van der Waals surface area (Å²) in [7, 11) is 1.18. The minimum atomic E-state index is -1.22. The summed E-state index contributed by atoms with van der Waals surface area (Å²) in [4.78, 5) is 39.4. The second kappa shape index (κ2) is 9.91. The van der Waals surface area contributed by atoms with Crippen LogP contribution >= 0.6 is 0 Å². The summed E-state index contributed by atoms with van der Waals surface area (Å²) in [5.41, 5.74) is 1.75. The lowest BCUT2D eigenvalue weighted by Crippen LogP contribution is -2.25. The van der Waals surface area contributed by atoms with Gasteiger partial charge in [0, 0.05) is 18.8 Å². The molecule has 0 aliphatic heterocycles. The van der Waals surface area contributed by atoms with Crippen molar-refractivity contribution in [3.05, 3.63) is 66.0 Å². The zero-order chi connectivity index (χ0) is 20.5. The number of ether oxygens (including phenoxy) is 1. The predicted octanol–water partition coefficient (Wildman–Crippen LogP) is 3.56. The lowest BCUT2D eigenvalue weighted by atomic mass is 10.0. The molecule has 0 aliphatic rings. The maximum atomic E-state index is 12.9. The van der Waals surface area contributed by atoms with Crippen LogP contribution in [0.15, 0.2) is 59.6 Å². The Morgan fingerprint density at radius 3 is 2.29 bits per heavy atom. The highest BCUT2D eigenvalue weighted by Crippen LogP contribution is 2.14. The molecule has 1 unspecified atom stereocenters. The highest BCUT2D eigenvalue weighted by Gasteiger charge is 2.23. The summed E-state index contributed by atoms with van der Waals surface area (Å²) in [5.74, 6) is -3.07. The first kappa shape index (κ1) is 20.7. The van der Waals surface area contributed by atoms with E-state index in [0.29, 0.717) is 16.9 Å². The van der Waals surface area contributed by atoms with Gasteiger partial charge in [-0.3, -0.25) is 19.4 Å². The van der Waals surface area contributed by atoms with Gasteiger partial charge in [-0.1, -0.05) is 18.2 Å². The van der Waals surface area contributed by atoms with Crippen LogP contribution in [-0.4, -0.2) is 31.0 Å². The Labute approximate surface area is 161 Å². The molecule has 0 saturated carbocycles. The van der Waals surface area contributed by atoms with Crippen LogP contribution in [-0.2, 0) is 19.1 Å². The van der Waals surface area contributed by atoms with Crippen LogP contribution in [0.25, 0.3) is 6.08 Å². The van der Waals surface area contributed by atoms with Gasteiger partial charge < -0.3 is 10.1 Å². The Morgan fingerprint density at radius 2 is 1.71 bits per heavy atom. The van der Waals surface area contributed by atoms with Crippen LogP contribution in [0.5, 0.6) is 0 Å². The number of allylic oxidation sites excluding steroid dienone is 1. The monoisotopic (exact) mass is 382 g/mol. The van der Waals surface area contributed by atoms with Crippen molar-refractivity contribution in [2.45, 2.75) is 6.92 Å². The largest absolute Gasteiger partial charge is 0.468 e. The van der Waals surface area contributed by atoms with Crippen molar-refractivity contribution < 1.29 is 23.5 Å². The van der Waals surface area contributed by atoms with Gasteiger partial charge in [-0.2, -0.15) is 0 Å². The van der Waals surface area contributed by atoms with Crippen LogP contribution < -0.4 is 5.32 Å². The fraction of sp³-hybridized carbons (Fsp3) is 0.143. The van der Waals surface area contributed by atoms with E-state index in [-0.39, 0.29) is 5.91 Å². The molecule has 0 saturated heterocycles. The van der Waals surface area contributed by atoms with E-state index in [9.17, 15) is 18.8 Å². The smallest absolute Gasteiger partial charge is 0.322 e. The number of nitrogens with one attached hydrogen (secondary N) is 1. The van der Waals surface area contributed by atoms with Crippen molar-refractivity contribution in [1.82, 2.24) is 0 Å². The Balaban J connectivity index is 2.11. The van der Waals surface area contributed by atoms with Gasteiger partial charge >= 0.3 is 5.97 Å². The van der Waals surface area contributed by atoms with Gasteiger partial charge in [0.05, 0.1) is 12.8 Å². The summed E-state index contributed by atoms with van der Waals surface area (Å²) in [6, 6.07) is 12.1. The molecule has 7 heteroatoms. The fourth-order valence-electron chi connectivity index (χ4n) is 2.23. The Hall–Kier alpha value is -3.61. The second-order valence-electron chi connectivity index (χ2n) is 5.79. The maximum Gasteiger partial charge on any atom is 0.322 e. The second-order valence-corrected chi connectivity index (χ2v) is 5.79. The van der Waals surface area contributed by atoms with E-state index >= 15 is 0 Å². The summed E-state index contributed by atoms with van der Waals surface area (Å²) in [5, 5.41) is 2.64. The summed E-state index contributed by atoms with van der Waals surface area (Å²) in [6.07, 6.45) is 3.97. The molecular weight excluding hydrogens is 363 g/mol. The van der Waals surface area contributed by atoms with Gasteiger partial charge in [-0.05, 0) is 48.0 Å². The number of aliphatic imine (C=N–C) groups is 1. The Bertz CT molecular complexity index is 903. The lowest BCUT2D eigenvalue weighted by molar-refractivity contribution is -0.145. The molecule has 144 valence electrons. The maximum absolute atomic E-state index is 12.9. The van der Waals surface area contributed by atoms with Gasteiger partial charge in [0.15, 0.2) is 11.7 Å². The molecule has 1 N–H and O–H groups in total. The van der Waals surface area contributed by atoms with Gasteiger partial charge in [0.2, 0.25) is 5.91 Å². The molecule has 0 spiro atoms. The Kier molecular flexibility index (Phi) is 7.33. The number of rotatable bonds is 7. The fourth-order valence-corrected chi connectivity index (χ4v) is 2.23. The quantitative estimate of drug-likeness (QED) is 0.343. The average molecular weight is 382 g/mol. The molecule has 0 aliphatic carbocycles. The van der Waals surface area contributed by atoms with E-state index in [1.54, 1.807) is 30.3 Å². The third kappa shape index (κ3) is 6.28. The van der Waals surface area contributed by atoms with Crippen molar-refractivity contribution in [2.24, 2.45) is 10.9 Å². The van der Waals surface area contributed by atoms with Crippen LogP contribution in [0, 0.1) is 11.7 Å². The first-order valence-electron chi connectivity index (χ1n) is 8.36. The van der Waals surface area contributed by atoms with Gasteiger partial charge in [-0.25, -0.2) is 4.39 Å². The predicted molar refractivity (Wildman–Crippen MR) is 105 cm³/mol. The number of hydrogen-bond donors (Lipinski definition) is 1. The number of esters is 1. The van der Waals surface area contributed by atoms with E-state index in [2.05, 4.69) is 15.0 Å². The number of hydrogen-bond acceptors (Lipinski definition) is 5. The number of nitrogens with zero attached hydrogens (tertiary/aromatic N) is 1. The highest BCUT2D eigenvalue weighted by molar-refractivity contribution is 6.17. The van der Waals surface area contributed by atoms with E-state index < -0.39 is 23.5 Å². The molecule has 0 fully saturated rings. The highest BCUT2D eigenvalue weighted by atomic mass is 19.1. The SMILES string of the molecule is COC(=O)C(C=Nc1ccc(F)cc1)C(=O)C=Cc1ccc(NC(C)=O)cc1. The molecule has 0 radical (unpaired) electrons. The first-order chi connectivity index (χ1) is 13.4. The van der Waals surface area contributed by atoms with Crippen molar-refractivity contribution in [1.29, 1.82) is 0 Å². The van der Waals surface area contributed by atoms with E-state index in [1.807, 2.05) is 0 Å². The number of ketones is 1. The number of benzene rings is 2. The normalized spacial score (nSPS) is 12.1. The number of amides is 1. The van der Waals surface area contributed by atoms with Crippen LogP contribution in [0.4, 0.5) is 15.8 Å². The molecule has 0 aromatic heterocycles. The number of halogens is 1. The summed E-state index contributed by atoms with van der Waals surface area (Å²) >= 11 is 0. The van der Waals surface area contributed by atoms with Crippen molar-refractivity contribution in [3.8, 4) is 0 Å². The van der Waals surface area contributed by atoms with Gasteiger partial charge in [-0.15, -0.1) is 0 Å². The number of carbonyl (C=O) groups is 3. The minimum absolute atomic E-state index is 0.181. The van der Waals surface area contributed by atoms with Crippen LogP contribution in [0.2, 0.25) is 0 Å². The molecular formula is C21H19FN2O4. The molecule has 1 atom stereocenters. The summed E-state index contributed by atoms with van der Waals surface area (Å²) in [6.45, 7) is 1.41. The zero-order valence-electron chi connectivity index (χ0n) is 15.4. The molecule has 1 amide bonds. The topological polar surface area (TPSA) is 84.8 Å². The van der Waals surface area contributed by atoms with E-state index in [1.165, 1.54) is 50.6 Å². The molecule has 2 rings (SSSR count). The number of carbonyl (C=O) groups excluding carboxylic acids is 3. The number of methoxy groups -OCH3 is 1. The molecule has 0 bridgehead atoms. The lowest BCUT2D eigenvalue weighted by Gasteiger charge is -2.06. The molecule has 0 heterocycles. The third-order valence-corrected chi connectivity index (χ3v) is 3.63. The van der Waals surface area contributed by atoms with E-state index in [4.69, 9.17) is 0 Å². The van der Waals surface area contributed by atoms with Crippen molar-refractivity contribution >= 4 is 41.3 Å². The molecule has 2 aromatic rings. The van der Waals surface area contributed by atoms with Gasteiger partial charge in [0.25, 0.3) is 0 Å². The van der Waals surface area contributed by atoms with Crippen molar-refractivity contribution in [3.63, 3.8) is 0 Å². The minimum Gasteiger partial charge on any atom is -0.468 e. The molecule has 28 heavy (non-hydrogen) atoms. The summed E-state index contributed by atoms with van der Waals surface area (Å²) < 4.78 is 17.6. The van der Waals surface area contributed by atoms with Crippen molar-refractivity contribution in [2.75, 3.05) is 12.4 Å². The van der Waals surface area contributed by atoms with Gasteiger partial charge in [0.1, 0.15) is 5.82 Å². The van der Waals surface area contributed by atoms with Crippen LogP contribution in [0.1, 0.15) is 12.5 Å². The molecule has 6 nitrogen and oxygen atoms in total. The molecule has 2 aromatic carbocycles. The number of anilines is 1. The van der Waals surface area contributed by atoms with E-state index in [0.717, 1.165) is 0 Å². The third-order valence-electron chi connectivity index (χ3n) is 3.63. The first-order valence-corrected chi connectivity index (χ1v) is 8.36. The Morgan fingerprint density at radius 1 is 1.07 bits per heavy atom. The standard InChI is InChI=1S/C21H19FN2O4/c1-14(25)24-18-8-3-15(4-9-18)5-12-20(26)19(21(27)28-2)13-23-17-10-6-16(22)7-11-17/h3-13,19H,1-2H3,(H,24,25). The zero-order valence-corrected chi connectivity index (χ0v) is 15.4. The van der Waals surface area contributed by atoms with Crippen LogP contribution in [0.3, 0.4) is 0 Å².